The molecule has 64 valence electrons. The van der Waals surface area contributed by atoms with Gasteiger partial charge in [0.1, 0.15) is 0 Å². The molecule has 1 aliphatic carbocycles. The van der Waals surface area contributed by atoms with E-state index in [1.165, 1.54) is 19.3 Å². The monoisotopic (exact) mass is 186 g/mol. The lowest BCUT2D eigenvalue weighted by Crippen LogP contribution is -2.43. The van der Waals surface area contributed by atoms with Crippen LogP contribution >= 0.6 is 24.8 Å². The molecule has 1 saturated carbocycles. The van der Waals surface area contributed by atoms with Crippen LogP contribution in [0.25, 0.3) is 0 Å². The van der Waals surface area contributed by atoms with Crippen LogP contribution in [-0.2, 0) is 0 Å². The van der Waals surface area contributed by atoms with E-state index in [0.717, 1.165) is 13.1 Å². The zero-order valence-electron chi connectivity index (χ0n) is 6.01. The Hall–Kier alpha value is 0.500. The van der Waals surface area contributed by atoms with Crippen LogP contribution in [0.3, 0.4) is 0 Å². The molecular weight excluding hydrogens is 171 g/mol. The average Bonchev–Trinajstić information content (AvgIpc) is 1.67. The summed E-state index contributed by atoms with van der Waals surface area (Å²) in [6.07, 6.45) is 3.83. The molecule has 0 bridgehead atoms. The summed E-state index contributed by atoms with van der Waals surface area (Å²) in [7, 11) is 0. The maximum atomic E-state index is 5.50. The third-order valence-corrected chi connectivity index (χ3v) is 2.28. The van der Waals surface area contributed by atoms with E-state index in [1.54, 1.807) is 0 Å². The molecule has 4 heteroatoms. The van der Waals surface area contributed by atoms with Crippen molar-refractivity contribution in [1.82, 2.24) is 0 Å². The van der Waals surface area contributed by atoms with Gasteiger partial charge in [-0.05, 0) is 31.3 Å². The van der Waals surface area contributed by atoms with Crippen molar-refractivity contribution in [2.45, 2.75) is 19.3 Å². The summed E-state index contributed by atoms with van der Waals surface area (Å²) < 4.78 is 0. The highest BCUT2D eigenvalue weighted by molar-refractivity contribution is 5.85. The number of hydrogen-bond acceptors (Lipinski definition) is 2. The highest BCUT2D eigenvalue weighted by Crippen LogP contribution is 2.38. The zero-order valence-corrected chi connectivity index (χ0v) is 7.64. The van der Waals surface area contributed by atoms with Crippen molar-refractivity contribution in [2.75, 3.05) is 13.1 Å². The van der Waals surface area contributed by atoms with E-state index in [-0.39, 0.29) is 24.8 Å². The van der Waals surface area contributed by atoms with E-state index < -0.39 is 0 Å². The molecule has 4 N–H and O–H groups in total. The van der Waals surface area contributed by atoms with Gasteiger partial charge in [-0.25, -0.2) is 0 Å². The third kappa shape index (κ3) is 2.27. The standard InChI is InChI=1S/C6H14N2.2ClH/c7-4-6(5-8)2-1-3-6;;/h1-5,7-8H2;2*1H. The molecule has 0 radical (unpaired) electrons. The predicted octanol–water partition coefficient (Wildman–Crippen LogP) is 0.918. The Morgan fingerprint density at radius 3 is 1.40 bits per heavy atom. The normalized spacial score (nSPS) is 19.8. The van der Waals surface area contributed by atoms with E-state index in [9.17, 15) is 0 Å². The topological polar surface area (TPSA) is 52.0 Å². The van der Waals surface area contributed by atoms with Crippen LogP contribution < -0.4 is 11.5 Å². The minimum absolute atomic E-state index is 0. The zero-order chi connectivity index (χ0) is 6.04. The SMILES string of the molecule is Cl.Cl.NCC1(CN)CCC1. The van der Waals surface area contributed by atoms with Crippen LogP contribution in [0, 0.1) is 5.41 Å². The Kier molecular flexibility index (Phi) is 6.81. The lowest BCUT2D eigenvalue weighted by atomic mass is 9.69. The maximum Gasteiger partial charge on any atom is -0.000844 e. The highest BCUT2D eigenvalue weighted by Gasteiger charge is 2.33. The first kappa shape index (κ1) is 13.1. The maximum absolute atomic E-state index is 5.50. The quantitative estimate of drug-likeness (QED) is 0.675. The fraction of sp³-hybridized carbons (Fsp3) is 1.00. The molecule has 0 aliphatic heterocycles. The summed E-state index contributed by atoms with van der Waals surface area (Å²) in [6.45, 7) is 1.56. The van der Waals surface area contributed by atoms with Crippen molar-refractivity contribution in [1.29, 1.82) is 0 Å². The van der Waals surface area contributed by atoms with Gasteiger partial charge in [0, 0.05) is 0 Å². The van der Waals surface area contributed by atoms with Gasteiger partial charge in [0.25, 0.3) is 0 Å². The van der Waals surface area contributed by atoms with Crippen LogP contribution in [-0.4, -0.2) is 13.1 Å². The number of hydrogen-bond donors (Lipinski definition) is 2. The van der Waals surface area contributed by atoms with E-state index in [0.29, 0.717) is 5.41 Å². The lowest BCUT2D eigenvalue weighted by molar-refractivity contribution is 0.156. The molecule has 1 fully saturated rings. The third-order valence-electron chi connectivity index (χ3n) is 2.28. The molecule has 0 amide bonds. The summed E-state index contributed by atoms with van der Waals surface area (Å²) >= 11 is 0. The summed E-state index contributed by atoms with van der Waals surface area (Å²) in [5.41, 5.74) is 11.4. The smallest absolute Gasteiger partial charge is 0.000844 e. The molecule has 0 aromatic rings. The lowest BCUT2D eigenvalue weighted by Gasteiger charge is -2.39. The number of nitrogens with two attached hydrogens (primary N) is 2. The number of rotatable bonds is 2. The Morgan fingerprint density at radius 2 is 1.40 bits per heavy atom. The van der Waals surface area contributed by atoms with Crippen molar-refractivity contribution in [2.24, 2.45) is 16.9 Å². The van der Waals surface area contributed by atoms with E-state index >= 15 is 0 Å². The molecule has 0 aromatic carbocycles. The molecule has 0 aromatic heterocycles. The van der Waals surface area contributed by atoms with Gasteiger partial charge in [-0.15, -0.1) is 24.8 Å². The molecule has 10 heavy (non-hydrogen) atoms. The molecule has 0 saturated heterocycles. The Bertz CT molecular complexity index is 70.3. The molecular formula is C6H16Cl2N2. The largest absolute Gasteiger partial charge is 0.330 e. The Morgan fingerprint density at radius 1 is 1.00 bits per heavy atom. The first-order valence-corrected chi connectivity index (χ1v) is 3.23. The van der Waals surface area contributed by atoms with Gasteiger partial charge in [0.2, 0.25) is 0 Å². The van der Waals surface area contributed by atoms with Crippen LogP contribution in [0.15, 0.2) is 0 Å². The first-order valence-electron chi connectivity index (χ1n) is 3.23. The first-order chi connectivity index (χ1) is 3.83. The number of halogens is 2. The van der Waals surface area contributed by atoms with Gasteiger partial charge < -0.3 is 11.5 Å². The Labute approximate surface area is 74.5 Å². The van der Waals surface area contributed by atoms with E-state index in [2.05, 4.69) is 0 Å². The predicted molar refractivity (Wildman–Crippen MR) is 48.9 cm³/mol. The summed E-state index contributed by atoms with van der Waals surface area (Å²) in [6, 6.07) is 0. The highest BCUT2D eigenvalue weighted by atomic mass is 35.5. The molecule has 2 nitrogen and oxygen atoms in total. The average molecular weight is 187 g/mol. The van der Waals surface area contributed by atoms with Crippen LogP contribution in [0.2, 0.25) is 0 Å². The minimum Gasteiger partial charge on any atom is -0.330 e. The van der Waals surface area contributed by atoms with Crippen LogP contribution in [0.5, 0.6) is 0 Å². The van der Waals surface area contributed by atoms with Crippen molar-refractivity contribution < 1.29 is 0 Å². The van der Waals surface area contributed by atoms with Gasteiger partial charge in [-0.3, -0.25) is 0 Å². The van der Waals surface area contributed by atoms with E-state index in [4.69, 9.17) is 11.5 Å². The van der Waals surface area contributed by atoms with E-state index in [1.807, 2.05) is 0 Å². The fourth-order valence-electron chi connectivity index (χ4n) is 1.17. The second-order valence-electron chi connectivity index (χ2n) is 2.76. The van der Waals surface area contributed by atoms with Gasteiger partial charge in [0.15, 0.2) is 0 Å². The molecule has 1 aliphatic rings. The van der Waals surface area contributed by atoms with Crippen LogP contribution in [0.1, 0.15) is 19.3 Å². The summed E-state index contributed by atoms with van der Waals surface area (Å²) in [4.78, 5) is 0. The fourth-order valence-corrected chi connectivity index (χ4v) is 1.17. The van der Waals surface area contributed by atoms with Crippen molar-refractivity contribution >= 4 is 24.8 Å². The summed E-state index contributed by atoms with van der Waals surface area (Å²) in [5.74, 6) is 0. The molecule has 0 heterocycles. The van der Waals surface area contributed by atoms with Gasteiger partial charge in [-0.1, -0.05) is 6.42 Å². The molecule has 0 atom stereocenters. The van der Waals surface area contributed by atoms with Gasteiger partial charge in [0.05, 0.1) is 0 Å². The van der Waals surface area contributed by atoms with Crippen LogP contribution in [0.4, 0.5) is 0 Å². The van der Waals surface area contributed by atoms with Crippen molar-refractivity contribution in [3.63, 3.8) is 0 Å². The summed E-state index contributed by atoms with van der Waals surface area (Å²) in [5, 5.41) is 0. The molecule has 1 rings (SSSR count). The Balaban J connectivity index is 0. The molecule has 0 spiro atoms. The van der Waals surface area contributed by atoms with Gasteiger partial charge >= 0.3 is 0 Å². The van der Waals surface area contributed by atoms with Crippen molar-refractivity contribution in [3.8, 4) is 0 Å². The second kappa shape index (κ2) is 5.19. The minimum atomic E-state index is 0. The van der Waals surface area contributed by atoms with Gasteiger partial charge in [-0.2, -0.15) is 0 Å². The molecule has 0 unspecified atom stereocenters. The van der Waals surface area contributed by atoms with Crippen molar-refractivity contribution in [3.05, 3.63) is 0 Å². The second-order valence-corrected chi connectivity index (χ2v) is 2.76.